The maximum Gasteiger partial charge on any atom is 0.385 e. The molecule has 10 nitrogen and oxygen atoms in total. The van der Waals surface area contributed by atoms with Gasteiger partial charge in [0.05, 0.1) is 0 Å². The van der Waals surface area contributed by atoms with E-state index in [4.69, 9.17) is 25.8 Å². The van der Waals surface area contributed by atoms with Crippen molar-refractivity contribution in [3.05, 3.63) is 76.5 Å². The Morgan fingerprint density at radius 1 is 0.968 bits per heavy atom. The number of nitrogens with two attached hydrogens (primary N) is 2. The van der Waals surface area contributed by atoms with Crippen molar-refractivity contribution in [1.29, 1.82) is 0 Å². The largest absolute Gasteiger partial charge is 0.484 e. The van der Waals surface area contributed by atoms with Crippen LogP contribution in [0.25, 0.3) is 0 Å². The SMILES string of the molecule is NC(=O)COc1ccc(/C(N)=N/OC(=O)c2ccn(COc3ccc(Br)cc3)n2)cc1. The van der Waals surface area contributed by atoms with Crippen LogP contribution >= 0.6 is 15.9 Å². The molecule has 0 saturated carbocycles. The summed E-state index contributed by atoms with van der Waals surface area (Å²) in [6, 6.07) is 15.1. The molecule has 31 heavy (non-hydrogen) atoms. The lowest BCUT2D eigenvalue weighted by Gasteiger charge is -2.06. The Morgan fingerprint density at radius 2 is 1.61 bits per heavy atom. The highest BCUT2D eigenvalue weighted by Gasteiger charge is 2.12. The summed E-state index contributed by atoms with van der Waals surface area (Å²) in [5.41, 5.74) is 11.4. The molecule has 11 heteroatoms. The highest BCUT2D eigenvalue weighted by molar-refractivity contribution is 9.10. The number of carbonyl (C=O) groups is 2. The maximum absolute atomic E-state index is 12.1. The third-order valence-corrected chi connectivity index (χ3v) is 4.31. The first-order chi connectivity index (χ1) is 14.9. The van der Waals surface area contributed by atoms with Gasteiger partial charge >= 0.3 is 5.97 Å². The monoisotopic (exact) mass is 487 g/mol. The van der Waals surface area contributed by atoms with Gasteiger partial charge in [0, 0.05) is 16.2 Å². The Bertz CT molecular complexity index is 1080. The number of ether oxygens (including phenoxy) is 2. The summed E-state index contributed by atoms with van der Waals surface area (Å²) in [5.74, 6) is -0.284. The number of carbonyl (C=O) groups excluding carboxylic acids is 2. The molecule has 3 rings (SSSR count). The molecule has 0 unspecified atom stereocenters. The lowest BCUT2D eigenvalue weighted by Crippen LogP contribution is -2.20. The fraction of sp³-hybridized carbons (Fsp3) is 0.100. The highest BCUT2D eigenvalue weighted by Crippen LogP contribution is 2.16. The number of halogens is 1. The number of primary amides is 1. The van der Waals surface area contributed by atoms with Gasteiger partial charge in [0.25, 0.3) is 5.91 Å². The minimum Gasteiger partial charge on any atom is -0.484 e. The van der Waals surface area contributed by atoms with Crippen molar-refractivity contribution in [2.45, 2.75) is 6.73 Å². The van der Waals surface area contributed by atoms with Crippen LogP contribution in [0.3, 0.4) is 0 Å². The molecule has 3 aromatic rings. The smallest absolute Gasteiger partial charge is 0.385 e. The van der Waals surface area contributed by atoms with Crippen LogP contribution in [0, 0.1) is 0 Å². The van der Waals surface area contributed by atoms with E-state index < -0.39 is 11.9 Å². The van der Waals surface area contributed by atoms with E-state index >= 15 is 0 Å². The van der Waals surface area contributed by atoms with Crippen LogP contribution < -0.4 is 20.9 Å². The number of oxime groups is 1. The molecule has 1 aromatic heterocycles. The Hall–Kier alpha value is -3.86. The number of amidine groups is 1. The first-order valence-electron chi connectivity index (χ1n) is 8.89. The van der Waals surface area contributed by atoms with Crippen LogP contribution in [-0.4, -0.2) is 34.1 Å². The molecule has 2 aromatic carbocycles. The maximum atomic E-state index is 12.1. The normalized spacial score (nSPS) is 11.1. The summed E-state index contributed by atoms with van der Waals surface area (Å²) in [6.07, 6.45) is 1.58. The fourth-order valence-corrected chi connectivity index (χ4v) is 2.54. The minimum atomic E-state index is -0.772. The van der Waals surface area contributed by atoms with Crippen LogP contribution in [0.15, 0.2) is 70.4 Å². The van der Waals surface area contributed by atoms with Crippen molar-refractivity contribution in [3.63, 3.8) is 0 Å². The van der Waals surface area contributed by atoms with E-state index in [0.29, 0.717) is 17.1 Å². The molecule has 0 aliphatic heterocycles. The molecule has 0 aliphatic rings. The quantitative estimate of drug-likeness (QED) is 0.203. The third kappa shape index (κ3) is 6.57. The highest BCUT2D eigenvalue weighted by atomic mass is 79.9. The lowest BCUT2D eigenvalue weighted by molar-refractivity contribution is -0.119. The summed E-state index contributed by atoms with van der Waals surface area (Å²) in [7, 11) is 0. The molecule has 0 atom stereocenters. The molecule has 4 N–H and O–H groups in total. The Morgan fingerprint density at radius 3 is 2.29 bits per heavy atom. The van der Waals surface area contributed by atoms with Gasteiger partial charge in [-0.05, 0) is 54.6 Å². The summed E-state index contributed by atoms with van der Waals surface area (Å²) >= 11 is 3.35. The second kappa shape index (κ2) is 10.3. The molecule has 0 radical (unpaired) electrons. The number of nitrogens with zero attached hydrogens (tertiary/aromatic N) is 3. The van der Waals surface area contributed by atoms with Crippen molar-refractivity contribution < 1.29 is 23.9 Å². The molecule has 1 amide bonds. The Kier molecular flexibility index (Phi) is 7.22. The van der Waals surface area contributed by atoms with Gasteiger partial charge in [0.15, 0.2) is 24.9 Å². The predicted octanol–water partition coefficient (Wildman–Crippen LogP) is 2.02. The molecule has 1 heterocycles. The Balaban J connectivity index is 1.53. The fourth-order valence-electron chi connectivity index (χ4n) is 2.28. The van der Waals surface area contributed by atoms with Crippen molar-refractivity contribution in [2.24, 2.45) is 16.6 Å². The van der Waals surface area contributed by atoms with Gasteiger partial charge in [-0.1, -0.05) is 21.1 Å². The number of benzene rings is 2. The summed E-state index contributed by atoms with van der Waals surface area (Å²) in [4.78, 5) is 27.7. The van der Waals surface area contributed by atoms with E-state index in [1.165, 1.54) is 10.7 Å². The average molecular weight is 488 g/mol. The van der Waals surface area contributed by atoms with Gasteiger partial charge in [-0.3, -0.25) is 4.79 Å². The molecule has 0 fully saturated rings. The van der Waals surface area contributed by atoms with Crippen molar-refractivity contribution in [3.8, 4) is 11.5 Å². The topological polar surface area (TPSA) is 144 Å². The molecule has 0 spiro atoms. The van der Waals surface area contributed by atoms with Crippen molar-refractivity contribution in [1.82, 2.24) is 9.78 Å². The molecule has 0 aliphatic carbocycles. The summed E-state index contributed by atoms with van der Waals surface area (Å²) < 4.78 is 13.1. The standard InChI is InChI=1S/C20H18BrN5O5/c21-14-3-7-16(8-4-14)30-12-26-10-9-17(24-26)20(28)31-25-19(23)13-1-5-15(6-2-13)29-11-18(22)27/h1-10H,11-12H2,(H2,22,27)(H2,23,25). The van der Waals surface area contributed by atoms with Crippen LogP contribution in [0.4, 0.5) is 0 Å². The summed E-state index contributed by atoms with van der Waals surface area (Å²) in [5, 5.41) is 7.71. The first-order valence-corrected chi connectivity index (χ1v) is 9.68. The lowest BCUT2D eigenvalue weighted by atomic mass is 10.2. The van der Waals surface area contributed by atoms with E-state index in [9.17, 15) is 9.59 Å². The van der Waals surface area contributed by atoms with Crippen molar-refractivity contribution in [2.75, 3.05) is 6.61 Å². The molecular weight excluding hydrogens is 470 g/mol. The van der Waals surface area contributed by atoms with Gasteiger partial charge in [-0.25, -0.2) is 9.48 Å². The molecular formula is C20H18BrN5O5. The zero-order valence-corrected chi connectivity index (χ0v) is 17.7. The summed E-state index contributed by atoms with van der Waals surface area (Å²) in [6.45, 7) is -0.119. The Labute approximate surface area is 185 Å². The third-order valence-electron chi connectivity index (χ3n) is 3.79. The average Bonchev–Trinajstić information content (AvgIpc) is 3.25. The van der Waals surface area contributed by atoms with Crippen LogP contribution in [-0.2, 0) is 16.4 Å². The molecule has 0 bridgehead atoms. The first kappa shape index (κ1) is 21.8. The number of aromatic nitrogens is 2. The van der Waals surface area contributed by atoms with Gasteiger partial charge < -0.3 is 25.8 Å². The van der Waals surface area contributed by atoms with E-state index in [2.05, 4.69) is 26.2 Å². The molecule has 0 saturated heterocycles. The van der Waals surface area contributed by atoms with Crippen LogP contribution in [0.1, 0.15) is 16.1 Å². The molecule has 160 valence electrons. The van der Waals surface area contributed by atoms with Gasteiger partial charge in [0.2, 0.25) is 0 Å². The zero-order chi connectivity index (χ0) is 22.2. The predicted molar refractivity (Wildman–Crippen MR) is 114 cm³/mol. The zero-order valence-electron chi connectivity index (χ0n) is 16.1. The van der Waals surface area contributed by atoms with Crippen LogP contribution in [0.5, 0.6) is 11.5 Å². The van der Waals surface area contributed by atoms with Gasteiger partial charge in [0.1, 0.15) is 11.5 Å². The number of hydrogen-bond acceptors (Lipinski definition) is 7. The van der Waals surface area contributed by atoms with E-state index in [1.807, 2.05) is 12.1 Å². The van der Waals surface area contributed by atoms with E-state index in [1.54, 1.807) is 42.6 Å². The van der Waals surface area contributed by atoms with Crippen molar-refractivity contribution >= 4 is 33.6 Å². The van der Waals surface area contributed by atoms with E-state index in [-0.39, 0.29) is 24.9 Å². The second-order valence-corrected chi connectivity index (χ2v) is 7.02. The van der Waals surface area contributed by atoms with E-state index in [0.717, 1.165) is 4.47 Å². The number of hydrogen-bond donors (Lipinski definition) is 2. The minimum absolute atomic E-state index is 0.0206. The number of amides is 1. The number of rotatable bonds is 9. The van der Waals surface area contributed by atoms with Gasteiger partial charge in [-0.2, -0.15) is 5.10 Å². The van der Waals surface area contributed by atoms with Gasteiger partial charge in [-0.15, -0.1) is 0 Å². The second-order valence-electron chi connectivity index (χ2n) is 6.10. The van der Waals surface area contributed by atoms with Crippen LogP contribution in [0.2, 0.25) is 0 Å².